The lowest BCUT2D eigenvalue weighted by molar-refractivity contribution is -0.141. The molecule has 3 nitrogen and oxygen atoms in total. The second kappa shape index (κ2) is 5.15. The number of carbonyl (C=O) groups excluding carboxylic acids is 1. The van der Waals surface area contributed by atoms with Crippen LogP contribution in [0.1, 0.15) is 21.6 Å². The fourth-order valence-corrected chi connectivity index (χ4v) is 1.83. The number of esters is 1. The summed E-state index contributed by atoms with van der Waals surface area (Å²) in [5.74, 6) is -1.18. The third-order valence-electron chi connectivity index (χ3n) is 2.83. The monoisotopic (exact) mass is 323 g/mol. The molecule has 0 aliphatic carbocycles. The lowest BCUT2D eigenvalue weighted by atomic mass is 10.0. The Hall–Kier alpha value is -2.32. The Balaban J connectivity index is 2.80. The van der Waals surface area contributed by atoms with Crippen molar-refractivity contribution in [3.05, 3.63) is 41.1 Å². The number of hydrogen-bond acceptors (Lipinski definition) is 3. The summed E-state index contributed by atoms with van der Waals surface area (Å²) < 4.78 is 80.6. The normalized spacial score (nSPS) is 12.5. The minimum Gasteiger partial charge on any atom is -0.465 e. The first-order chi connectivity index (χ1) is 10.0. The molecule has 1 aromatic heterocycles. The Labute approximate surface area is 119 Å². The number of ether oxygens (including phenoxy) is 1. The maximum absolute atomic E-state index is 12.7. The van der Waals surface area contributed by atoms with E-state index < -0.39 is 35.1 Å². The number of methoxy groups -OCH3 is 1. The Morgan fingerprint density at radius 1 is 1.05 bits per heavy atom. The average Bonchev–Trinajstić information content (AvgIpc) is 2.42. The third kappa shape index (κ3) is 2.97. The van der Waals surface area contributed by atoms with Crippen molar-refractivity contribution in [1.82, 2.24) is 4.98 Å². The Kier molecular flexibility index (Phi) is 3.76. The minimum absolute atomic E-state index is 0.366. The molecule has 0 bridgehead atoms. The van der Waals surface area contributed by atoms with Crippen LogP contribution in [0.4, 0.5) is 26.3 Å². The van der Waals surface area contributed by atoms with E-state index in [0.29, 0.717) is 18.2 Å². The summed E-state index contributed by atoms with van der Waals surface area (Å²) in [6, 6.07) is 2.31. The molecule has 0 aliphatic rings. The Bertz CT molecular complexity index is 736. The molecule has 2 aromatic rings. The van der Waals surface area contributed by atoms with E-state index in [2.05, 4.69) is 9.72 Å². The number of alkyl halides is 6. The van der Waals surface area contributed by atoms with Gasteiger partial charge in [-0.3, -0.25) is 0 Å². The molecule has 0 atom stereocenters. The highest BCUT2D eigenvalue weighted by Gasteiger charge is 2.35. The number of hydrogen-bond donors (Lipinski definition) is 0. The number of carbonyl (C=O) groups is 1. The molecule has 22 heavy (non-hydrogen) atoms. The molecule has 0 aliphatic heterocycles. The van der Waals surface area contributed by atoms with Gasteiger partial charge in [-0.1, -0.05) is 0 Å². The third-order valence-corrected chi connectivity index (χ3v) is 2.83. The van der Waals surface area contributed by atoms with E-state index in [1.165, 1.54) is 0 Å². The van der Waals surface area contributed by atoms with E-state index in [-0.39, 0.29) is 10.9 Å². The summed E-state index contributed by atoms with van der Waals surface area (Å²) in [6.45, 7) is 0. The van der Waals surface area contributed by atoms with Crippen molar-refractivity contribution in [2.24, 2.45) is 0 Å². The molecular formula is C13H7F6NO2. The van der Waals surface area contributed by atoms with Gasteiger partial charge in [0.25, 0.3) is 0 Å². The van der Waals surface area contributed by atoms with Crippen LogP contribution < -0.4 is 0 Å². The highest BCUT2D eigenvalue weighted by atomic mass is 19.4. The van der Waals surface area contributed by atoms with E-state index in [1.54, 1.807) is 0 Å². The van der Waals surface area contributed by atoms with E-state index in [1.807, 2.05) is 0 Å². The fourth-order valence-electron chi connectivity index (χ4n) is 1.83. The summed E-state index contributed by atoms with van der Waals surface area (Å²) in [7, 11) is 0.912. The molecule has 0 N–H and O–H groups in total. The molecular weight excluding hydrogens is 316 g/mol. The van der Waals surface area contributed by atoms with Crippen LogP contribution in [0.5, 0.6) is 0 Å². The van der Waals surface area contributed by atoms with Gasteiger partial charge < -0.3 is 4.74 Å². The second-order valence-electron chi connectivity index (χ2n) is 4.27. The molecule has 118 valence electrons. The predicted molar refractivity (Wildman–Crippen MR) is 63.1 cm³/mol. The van der Waals surface area contributed by atoms with Crippen LogP contribution in [-0.2, 0) is 17.1 Å². The summed E-state index contributed by atoms with van der Waals surface area (Å²) >= 11 is 0. The molecule has 1 heterocycles. The maximum atomic E-state index is 12.7. The molecule has 2 rings (SSSR count). The van der Waals surface area contributed by atoms with Crippen molar-refractivity contribution < 1.29 is 35.9 Å². The van der Waals surface area contributed by atoms with Gasteiger partial charge in [0.15, 0.2) is 0 Å². The topological polar surface area (TPSA) is 39.2 Å². The zero-order valence-electron chi connectivity index (χ0n) is 10.8. The first-order valence-electron chi connectivity index (χ1n) is 5.71. The summed E-state index contributed by atoms with van der Waals surface area (Å²) in [5, 5.41) is -0.366. The van der Waals surface area contributed by atoms with Crippen molar-refractivity contribution in [2.75, 3.05) is 7.11 Å². The zero-order chi connectivity index (χ0) is 16.7. The summed E-state index contributed by atoms with van der Waals surface area (Å²) in [5.41, 5.74) is -3.51. The van der Waals surface area contributed by atoms with E-state index in [9.17, 15) is 31.1 Å². The number of aromatic nitrogens is 1. The largest absolute Gasteiger partial charge is 0.465 e. The van der Waals surface area contributed by atoms with Gasteiger partial charge in [-0.05, 0) is 24.3 Å². The van der Waals surface area contributed by atoms with Crippen LogP contribution in [0.25, 0.3) is 10.9 Å². The van der Waals surface area contributed by atoms with Gasteiger partial charge in [0.1, 0.15) is 5.69 Å². The average molecular weight is 323 g/mol. The van der Waals surface area contributed by atoms with Gasteiger partial charge in [0.2, 0.25) is 0 Å². The Morgan fingerprint density at radius 3 is 2.18 bits per heavy atom. The van der Waals surface area contributed by atoms with Crippen molar-refractivity contribution in [1.29, 1.82) is 0 Å². The minimum atomic E-state index is -4.85. The standard InChI is InChI=1S/C13H7F6NO2/c1-22-11(21)8-5-10(13(17,18)19)20-9-3-2-6(4-7(8)9)12(14,15)16/h2-5H,1H3. The van der Waals surface area contributed by atoms with Crippen molar-refractivity contribution in [3.8, 4) is 0 Å². The lowest BCUT2D eigenvalue weighted by Crippen LogP contribution is -2.13. The van der Waals surface area contributed by atoms with Crippen molar-refractivity contribution in [3.63, 3.8) is 0 Å². The SMILES string of the molecule is COC(=O)c1cc(C(F)(F)F)nc2ccc(C(F)(F)F)cc12. The first kappa shape index (κ1) is 16.1. The molecule has 9 heteroatoms. The number of pyridine rings is 1. The summed E-state index contributed by atoms with van der Waals surface area (Å²) in [6.07, 6.45) is -9.55. The molecule has 0 fully saturated rings. The molecule has 0 amide bonds. The predicted octanol–water partition coefficient (Wildman–Crippen LogP) is 4.06. The molecule has 1 aromatic carbocycles. The van der Waals surface area contributed by atoms with Crippen molar-refractivity contribution >= 4 is 16.9 Å². The smallest absolute Gasteiger partial charge is 0.433 e. The van der Waals surface area contributed by atoms with Gasteiger partial charge in [-0.25, -0.2) is 9.78 Å². The molecule has 0 saturated heterocycles. The van der Waals surface area contributed by atoms with E-state index >= 15 is 0 Å². The van der Waals surface area contributed by atoms with Gasteiger partial charge in [-0.2, -0.15) is 26.3 Å². The van der Waals surface area contributed by atoms with Crippen LogP contribution in [0, 0.1) is 0 Å². The van der Waals surface area contributed by atoms with Gasteiger partial charge in [0.05, 0.1) is 23.8 Å². The second-order valence-corrected chi connectivity index (χ2v) is 4.27. The van der Waals surface area contributed by atoms with Crippen LogP contribution in [-0.4, -0.2) is 18.1 Å². The molecule has 0 unspecified atom stereocenters. The fraction of sp³-hybridized carbons (Fsp3) is 0.231. The number of fused-ring (bicyclic) bond motifs is 1. The number of benzene rings is 1. The molecule has 0 saturated carbocycles. The van der Waals surface area contributed by atoms with Crippen LogP contribution in [0.2, 0.25) is 0 Å². The number of halogens is 6. The number of nitrogens with zero attached hydrogens (tertiary/aromatic N) is 1. The molecule has 0 spiro atoms. The van der Waals surface area contributed by atoms with Crippen molar-refractivity contribution in [2.45, 2.75) is 12.4 Å². The maximum Gasteiger partial charge on any atom is 0.433 e. The number of rotatable bonds is 1. The lowest BCUT2D eigenvalue weighted by Gasteiger charge is -2.12. The highest BCUT2D eigenvalue weighted by Crippen LogP contribution is 2.35. The highest BCUT2D eigenvalue weighted by molar-refractivity contribution is 6.03. The first-order valence-corrected chi connectivity index (χ1v) is 5.71. The molecule has 0 radical (unpaired) electrons. The van der Waals surface area contributed by atoms with Gasteiger partial charge in [0, 0.05) is 5.39 Å². The van der Waals surface area contributed by atoms with Crippen LogP contribution in [0.3, 0.4) is 0 Å². The van der Waals surface area contributed by atoms with Gasteiger partial charge in [-0.15, -0.1) is 0 Å². The van der Waals surface area contributed by atoms with Crippen LogP contribution in [0.15, 0.2) is 24.3 Å². The van der Waals surface area contributed by atoms with E-state index in [4.69, 9.17) is 0 Å². The zero-order valence-corrected chi connectivity index (χ0v) is 10.8. The summed E-state index contributed by atoms with van der Waals surface area (Å²) in [4.78, 5) is 14.8. The quantitative estimate of drug-likeness (QED) is 0.587. The van der Waals surface area contributed by atoms with Gasteiger partial charge >= 0.3 is 18.3 Å². The van der Waals surface area contributed by atoms with E-state index in [0.717, 1.165) is 13.2 Å². The van der Waals surface area contributed by atoms with Crippen LogP contribution >= 0.6 is 0 Å². The Morgan fingerprint density at radius 2 is 1.68 bits per heavy atom.